The van der Waals surface area contributed by atoms with E-state index in [4.69, 9.17) is 5.11 Å². The molecule has 0 saturated carbocycles. The first-order valence-electron chi connectivity index (χ1n) is 9.80. The lowest BCUT2D eigenvalue weighted by atomic mass is 10.1. The number of rotatable bonds is 8. The SMILES string of the molecule is CC(CCCCCO)n1cnc2c(N3CCC(c4ccn[nH]4)C3)ncnc21. The first-order chi connectivity index (χ1) is 13.3. The highest BCUT2D eigenvalue weighted by molar-refractivity contribution is 5.83. The first-order valence-corrected chi connectivity index (χ1v) is 9.80. The maximum Gasteiger partial charge on any atom is 0.165 e. The van der Waals surface area contributed by atoms with E-state index in [9.17, 15) is 0 Å². The predicted octanol–water partition coefficient (Wildman–Crippen LogP) is 2.66. The average molecular weight is 369 g/mol. The zero-order valence-corrected chi connectivity index (χ0v) is 15.8. The Hall–Kier alpha value is -2.48. The van der Waals surface area contributed by atoms with Gasteiger partial charge in [-0.2, -0.15) is 5.10 Å². The maximum absolute atomic E-state index is 8.93. The van der Waals surface area contributed by atoms with Gasteiger partial charge in [0.25, 0.3) is 0 Å². The Balaban J connectivity index is 1.51. The minimum Gasteiger partial charge on any atom is -0.396 e. The predicted molar refractivity (Wildman–Crippen MR) is 104 cm³/mol. The molecule has 27 heavy (non-hydrogen) atoms. The number of aliphatic hydroxyl groups excluding tert-OH is 1. The third-order valence-electron chi connectivity index (χ3n) is 5.54. The lowest BCUT2D eigenvalue weighted by molar-refractivity contribution is 0.281. The molecule has 2 unspecified atom stereocenters. The van der Waals surface area contributed by atoms with E-state index < -0.39 is 0 Å². The molecule has 1 aliphatic heterocycles. The van der Waals surface area contributed by atoms with E-state index in [2.05, 4.69) is 47.6 Å². The van der Waals surface area contributed by atoms with Crippen LogP contribution in [0.3, 0.4) is 0 Å². The Bertz CT molecular complexity index is 860. The largest absolute Gasteiger partial charge is 0.396 e. The van der Waals surface area contributed by atoms with Crippen LogP contribution in [0.25, 0.3) is 11.2 Å². The van der Waals surface area contributed by atoms with E-state index in [1.54, 1.807) is 6.33 Å². The molecule has 0 bridgehead atoms. The summed E-state index contributed by atoms with van der Waals surface area (Å²) in [6.07, 6.45) is 10.5. The quantitative estimate of drug-likeness (QED) is 0.593. The number of anilines is 1. The van der Waals surface area contributed by atoms with Crippen molar-refractivity contribution in [3.63, 3.8) is 0 Å². The van der Waals surface area contributed by atoms with Gasteiger partial charge in [-0.1, -0.05) is 12.8 Å². The second-order valence-corrected chi connectivity index (χ2v) is 7.39. The number of aliphatic hydroxyl groups is 1. The molecule has 2 N–H and O–H groups in total. The molecule has 1 aliphatic rings. The normalized spacial score (nSPS) is 18.4. The molecule has 0 aliphatic carbocycles. The third kappa shape index (κ3) is 3.66. The molecule has 1 saturated heterocycles. The summed E-state index contributed by atoms with van der Waals surface area (Å²) in [5.74, 6) is 1.37. The van der Waals surface area contributed by atoms with Crippen LogP contribution in [0.1, 0.15) is 56.7 Å². The van der Waals surface area contributed by atoms with Crippen LogP contribution in [0.4, 0.5) is 5.82 Å². The van der Waals surface area contributed by atoms with E-state index in [0.717, 1.165) is 62.2 Å². The van der Waals surface area contributed by atoms with Crippen LogP contribution in [0.5, 0.6) is 0 Å². The zero-order valence-electron chi connectivity index (χ0n) is 15.8. The molecule has 4 rings (SSSR count). The van der Waals surface area contributed by atoms with Crippen LogP contribution in [0.15, 0.2) is 24.9 Å². The molecule has 0 radical (unpaired) electrons. The summed E-state index contributed by atoms with van der Waals surface area (Å²) in [7, 11) is 0. The highest BCUT2D eigenvalue weighted by Crippen LogP contribution is 2.32. The van der Waals surface area contributed by atoms with Gasteiger partial charge in [-0.15, -0.1) is 0 Å². The summed E-state index contributed by atoms with van der Waals surface area (Å²) in [5, 5.41) is 16.1. The van der Waals surface area contributed by atoms with Gasteiger partial charge in [0.15, 0.2) is 17.0 Å². The molecule has 8 nitrogen and oxygen atoms in total. The molecule has 4 heterocycles. The summed E-state index contributed by atoms with van der Waals surface area (Å²) in [4.78, 5) is 16.0. The molecule has 3 aromatic rings. The summed E-state index contributed by atoms with van der Waals surface area (Å²) < 4.78 is 2.15. The van der Waals surface area contributed by atoms with Gasteiger partial charge < -0.3 is 14.6 Å². The zero-order chi connectivity index (χ0) is 18.6. The Morgan fingerprint density at radius 2 is 2.19 bits per heavy atom. The van der Waals surface area contributed by atoms with Crippen LogP contribution in [0, 0.1) is 0 Å². The van der Waals surface area contributed by atoms with E-state index in [1.165, 1.54) is 5.69 Å². The Labute approximate surface area is 158 Å². The van der Waals surface area contributed by atoms with Crippen molar-refractivity contribution in [2.24, 2.45) is 0 Å². The van der Waals surface area contributed by atoms with Crippen LogP contribution >= 0.6 is 0 Å². The second-order valence-electron chi connectivity index (χ2n) is 7.39. The molecular formula is C19H27N7O. The van der Waals surface area contributed by atoms with Crippen molar-refractivity contribution < 1.29 is 5.11 Å². The number of aromatic amines is 1. The number of imidazole rings is 1. The highest BCUT2D eigenvalue weighted by atomic mass is 16.2. The van der Waals surface area contributed by atoms with Gasteiger partial charge in [-0.25, -0.2) is 15.0 Å². The molecule has 0 spiro atoms. The number of aromatic nitrogens is 6. The average Bonchev–Trinajstić information content (AvgIpc) is 3.44. The number of hydrogen-bond donors (Lipinski definition) is 2. The van der Waals surface area contributed by atoms with Crippen molar-refractivity contribution in [3.05, 3.63) is 30.6 Å². The van der Waals surface area contributed by atoms with Gasteiger partial charge in [0.2, 0.25) is 0 Å². The number of H-pyrrole nitrogens is 1. The van der Waals surface area contributed by atoms with Gasteiger partial charge in [0.05, 0.1) is 6.33 Å². The third-order valence-corrected chi connectivity index (χ3v) is 5.54. The standard InChI is InChI=1S/C19H27N7O/c1-14(5-3-2-4-10-27)26-13-22-17-18(20-12-21-19(17)26)25-9-7-15(11-25)16-6-8-23-24-16/h6,8,12-15,27H,2-5,7,9-11H2,1H3,(H,23,24). The summed E-state index contributed by atoms with van der Waals surface area (Å²) in [5.41, 5.74) is 2.97. The van der Waals surface area contributed by atoms with Crippen molar-refractivity contribution in [3.8, 4) is 0 Å². The fourth-order valence-electron chi connectivity index (χ4n) is 3.96. The number of nitrogens with one attached hydrogen (secondary N) is 1. The Kier molecular flexibility index (Phi) is 5.33. The van der Waals surface area contributed by atoms with Crippen LogP contribution in [-0.2, 0) is 0 Å². The molecule has 2 atom stereocenters. The van der Waals surface area contributed by atoms with E-state index >= 15 is 0 Å². The molecule has 1 fully saturated rings. The van der Waals surface area contributed by atoms with Crippen LogP contribution in [-0.4, -0.2) is 54.5 Å². The second kappa shape index (κ2) is 8.04. The van der Waals surface area contributed by atoms with Crippen LogP contribution < -0.4 is 4.90 Å². The molecular weight excluding hydrogens is 342 g/mol. The van der Waals surface area contributed by atoms with E-state index in [1.807, 2.05) is 12.5 Å². The number of fused-ring (bicyclic) bond motifs is 1. The fourth-order valence-corrected chi connectivity index (χ4v) is 3.96. The molecule has 144 valence electrons. The van der Waals surface area contributed by atoms with E-state index in [-0.39, 0.29) is 6.61 Å². The number of nitrogens with zero attached hydrogens (tertiary/aromatic N) is 6. The molecule has 0 aromatic carbocycles. The highest BCUT2D eigenvalue weighted by Gasteiger charge is 2.28. The fraction of sp³-hybridized carbons (Fsp3) is 0.579. The van der Waals surface area contributed by atoms with Crippen molar-refractivity contribution in [1.29, 1.82) is 0 Å². The monoisotopic (exact) mass is 369 g/mol. The maximum atomic E-state index is 8.93. The summed E-state index contributed by atoms with van der Waals surface area (Å²) >= 11 is 0. The van der Waals surface area contributed by atoms with Crippen molar-refractivity contribution in [2.75, 3.05) is 24.6 Å². The minimum absolute atomic E-state index is 0.272. The molecule has 8 heteroatoms. The van der Waals surface area contributed by atoms with Crippen molar-refractivity contribution in [1.82, 2.24) is 29.7 Å². The van der Waals surface area contributed by atoms with Gasteiger partial charge in [0, 0.05) is 43.5 Å². The molecule has 3 aromatic heterocycles. The summed E-state index contributed by atoms with van der Waals surface area (Å²) in [6, 6.07) is 2.38. The van der Waals surface area contributed by atoms with Crippen molar-refractivity contribution >= 4 is 17.0 Å². The first kappa shape index (κ1) is 17.9. The van der Waals surface area contributed by atoms with Gasteiger partial charge in [-0.05, 0) is 32.3 Å². The van der Waals surface area contributed by atoms with Crippen LogP contribution in [0.2, 0.25) is 0 Å². The van der Waals surface area contributed by atoms with Gasteiger partial charge in [-0.3, -0.25) is 5.10 Å². The number of unbranched alkanes of at least 4 members (excludes halogenated alkanes) is 2. The van der Waals surface area contributed by atoms with E-state index in [0.29, 0.717) is 12.0 Å². The number of hydrogen-bond acceptors (Lipinski definition) is 6. The Morgan fingerprint density at radius 3 is 3.00 bits per heavy atom. The smallest absolute Gasteiger partial charge is 0.165 e. The topological polar surface area (TPSA) is 95.8 Å². The van der Waals surface area contributed by atoms with Crippen molar-refractivity contribution in [2.45, 2.75) is 51.0 Å². The van der Waals surface area contributed by atoms with Gasteiger partial charge in [0.1, 0.15) is 6.33 Å². The lowest BCUT2D eigenvalue weighted by Crippen LogP contribution is -2.21. The summed E-state index contributed by atoms with van der Waals surface area (Å²) in [6.45, 7) is 4.34. The Morgan fingerprint density at radius 1 is 1.26 bits per heavy atom. The minimum atomic E-state index is 0.272. The van der Waals surface area contributed by atoms with Gasteiger partial charge >= 0.3 is 0 Å². The lowest BCUT2D eigenvalue weighted by Gasteiger charge is -2.18. The molecule has 0 amide bonds.